The number of amides is 2. The number of hydrogen-bond acceptors (Lipinski definition) is 4. The molecule has 1 fully saturated rings. The minimum atomic E-state index is -0.0494. The van der Waals surface area contributed by atoms with Gasteiger partial charge in [0, 0.05) is 50.5 Å². The zero-order chi connectivity index (χ0) is 19.5. The van der Waals surface area contributed by atoms with E-state index in [2.05, 4.69) is 22.5 Å². The normalized spacial score (nSPS) is 21.5. The molecule has 2 aliphatic rings. The van der Waals surface area contributed by atoms with Crippen LogP contribution >= 0.6 is 0 Å². The lowest BCUT2D eigenvalue weighted by Crippen LogP contribution is -2.29. The molecular weight excluding hydrogens is 354 g/mol. The number of pyridine rings is 1. The Morgan fingerprint density at radius 1 is 1.32 bits per heavy atom. The molecule has 7 heteroatoms. The zero-order valence-corrected chi connectivity index (χ0v) is 16.3. The van der Waals surface area contributed by atoms with Crippen LogP contribution in [0.4, 0.5) is 0 Å². The van der Waals surface area contributed by atoms with E-state index in [0.717, 1.165) is 49.1 Å². The lowest BCUT2D eigenvalue weighted by Gasteiger charge is -2.18. The van der Waals surface area contributed by atoms with E-state index < -0.39 is 0 Å². The van der Waals surface area contributed by atoms with Crippen molar-refractivity contribution in [1.82, 2.24) is 25.0 Å². The molecule has 7 nitrogen and oxygen atoms in total. The zero-order valence-electron chi connectivity index (χ0n) is 16.3. The van der Waals surface area contributed by atoms with E-state index in [-0.39, 0.29) is 17.7 Å². The molecule has 148 valence electrons. The Morgan fingerprint density at radius 3 is 3.00 bits per heavy atom. The molecule has 2 aromatic heterocycles. The predicted molar refractivity (Wildman–Crippen MR) is 107 cm³/mol. The van der Waals surface area contributed by atoms with Gasteiger partial charge in [-0.1, -0.05) is 12.2 Å². The molecule has 0 unspecified atom stereocenters. The molecule has 1 aliphatic carbocycles. The first-order valence-electron chi connectivity index (χ1n) is 10.1. The fourth-order valence-electron chi connectivity index (χ4n) is 4.26. The van der Waals surface area contributed by atoms with Gasteiger partial charge >= 0.3 is 0 Å². The van der Waals surface area contributed by atoms with Crippen molar-refractivity contribution in [3.8, 4) is 0 Å². The predicted octanol–water partition coefficient (Wildman–Crippen LogP) is 2.24. The second-order valence-electron chi connectivity index (χ2n) is 7.76. The molecule has 1 N–H and O–H groups in total. The fourth-order valence-corrected chi connectivity index (χ4v) is 4.26. The third kappa shape index (κ3) is 3.93. The van der Waals surface area contributed by atoms with Gasteiger partial charge in [-0.2, -0.15) is 5.10 Å². The quantitative estimate of drug-likeness (QED) is 0.778. The summed E-state index contributed by atoms with van der Waals surface area (Å²) in [6.07, 6.45) is 9.87. The lowest BCUT2D eigenvalue weighted by atomic mass is 10.0. The first kappa shape index (κ1) is 18.7. The molecule has 2 amide bonds. The number of rotatable bonds is 6. The number of likely N-dealkylation sites (tertiary alicyclic amines) is 1. The summed E-state index contributed by atoms with van der Waals surface area (Å²) in [5, 5.41) is 8.67. The number of nitrogens with one attached hydrogen (secondary N) is 1. The highest BCUT2D eigenvalue weighted by atomic mass is 16.2. The highest BCUT2D eigenvalue weighted by Gasteiger charge is 2.31. The molecule has 2 atom stereocenters. The van der Waals surface area contributed by atoms with Crippen LogP contribution in [0.5, 0.6) is 0 Å². The minimum absolute atomic E-state index is 0.0494. The molecule has 4 rings (SSSR count). The Labute approximate surface area is 164 Å². The summed E-state index contributed by atoms with van der Waals surface area (Å²) in [6.45, 7) is 4.13. The van der Waals surface area contributed by atoms with Gasteiger partial charge in [0.25, 0.3) is 0 Å². The highest BCUT2D eigenvalue weighted by Crippen LogP contribution is 2.32. The third-order valence-electron chi connectivity index (χ3n) is 5.71. The van der Waals surface area contributed by atoms with E-state index in [1.807, 2.05) is 21.7 Å². The Balaban J connectivity index is 1.47. The number of hydrogen-bond donors (Lipinski definition) is 1. The summed E-state index contributed by atoms with van der Waals surface area (Å²) in [7, 11) is 0. The van der Waals surface area contributed by atoms with Gasteiger partial charge in [-0.25, -0.2) is 9.67 Å². The highest BCUT2D eigenvalue weighted by molar-refractivity contribution is 5.80. The molecule has 1 saturated heterocycles. The van der Waals surface area contributed by atoms with E-state index >= 15 is 0 Å². The summed E-state index contributed by atoms with van der Waals surface area (Å²) in [5.41, 5.74) is 1.85. The largest absolute Gasteiger partial charge is 0.354 e. The van der Waals surface area contributed by atoms with Crippen LogP contribution in [0, 0.1) is 5.92 Å². The van der Waals surface area contributed by atoms with Crippen molar-refractivity contribution in [2.75, 3.05) is 19.6 Å². The van der Waals surface area contributed by atoms with Crippen molar-refractivity contribution in [2.45, 2.75) is 45.1 Å². The smallest absolute Gasteiger partial charge is 0.223 e. The topological polar surface area (TPSA) is 80.1 Å². The third-order valence-corrected chi connectivity index (χ3v) is 5.71. The number of carbonyl (C=O) groups is 2. The molecule has 0 bridgehead atoms. The van der Waals surface area contributed by atoms with Crippen LogP contribution in [-0.4, -0.2) is 51.1 Å². The second kappa shape index (κ2) is 8.12. The van der Waals surface area contributed by atoms with E-state index in [1.165, 1.54) is 6.92 Å². The monoisotopic (exact) mass is 381 g/mol. The van der Waals surface area contributed by atoms with Crippen LogP contribution in [0.15, 0.2) is 30.5 Å². The van der Waals surface area contributed by atoms with E-state index in [4.69, 9.17) is 5.10 Å². The maximum absolute atomic E-state index is 12.7. The van der Waals surface area contributed by atoms with Crippen LogP contribution in [0.2, 0.25) is 0 Å². The Kier molecular flexibility index (Phi) is 5.41. The molecule has 28 heavy (non-hydrogen) atoms. The Bertz CT molecular complexity index is 903. The summed E-state index contributed by atoms with van der Waals surface area (Å²) in [6, 6.07) is 3.98. The number of aromatic nitrogens is 3. The van der Waals surface area contributed by atoms with Gasteiger partial charge in [0.05, 0.1) is 12.2 Å². The van der Waals surface area contributed by atoms with Gasteiger partial charge in [0.15, 0.2) is 5.65 Å². The van der Waals surface area contributed by atoms with Crippen LogP contribution in [0.3, 0.4) is 0 Å². The summed E-state index contributed by atoms with van der Waals surface area (Å²) < 4.78 is 1.87. The van der Waals surface area contributed by atoms with Crippen LogP contribution in [0.25, 0.3) is 11.0 Å². The first-order chi connectivity index (χ1) is 13.6. The minimum Gasteiger partial charge on any atom is -0.354 e. The number of fused-ring (bicyclic) bond motifs is 1. The number of carbonyl (C=O) groups excluding carboxylic acids is 2. The number of nitrogens with zero attached hydrogens (tertiary/aromatic N) is 4. The van der Waals surface area contributed by atoms with Gasteiger partial charge in [-0.05, 0) is 37.3 Å². The summed E-state index contributed by atoms with van der Waals surface area (Å²) in [5.74, 6) is 0.847. The van der Waals surface area contributed by atoms with Crippen molar-refractivity contribution < 1.29 is 9.59 Å². The molecule has 0 spiro atoms. The standard InChI is InChI=1S/C21H27N5O2/c1-15(27)22-10-12-26-21-18(7-4-9-23-21)20(24-26)17-8-11-25(14-17)19(28)13-16-5-2-3-6-16/h2,4-5,7,9,16-17H,3,6,8,10-14H2,1H3,(H,22,27)/t16-,17+/m1/s1. The van der Waals surface area contributed by atoms with Crippen LogP contribution in [-0.2, 0) is 16.1 Å². The SMILES string of the molecule is CC(=O)NCCn1nc([C@H]2CCN(C(=O)C[C@@H]3C=CCC3)C2)c2cccnc21. The maximum atomic E-state index is 12.7. The molecule has 3 heterocycles. The fraction of sp³-hybridized carbons (Fsp3) is 0.524. The average molecular weight is 381 g/mol. The second-order valence-corrected chi connectivity index (χ2v) is 7.76. The van der Waals surface area contributed by atoms with Crippen molar-refractivity contribution >= 4 is 22.8 Å². The van der Waals surface area contributed by atoms with Crippen molar-refractivity contribution in [1.29, 1.82) is 0 Å². The molecule has 0 saturated carbocycles. The van der Waals surface area contributed by atoms with E-state index in [9.17, 15) is 9.59 Å². The molecule has 0 aromatic carbocycles. The number of allylic oxidation sites excluding steroid dienone is 2. The Morgan fingerprint density at radius 2 is 2.21 bits per heavy atom. The molecule has 0 radical (unpaired) electrons. The summed E-state index contributed by atoms with van der Waals surface area (Å²) >= 11 is 0. The lowest BCUT2D eigenvalue weighted by molar-refractivity contribution is -0.130. The van der Waals surface area contributed by atoms with Crippen LogP contribution < -0.4 is 5.32 Å². The maximum Gasteiger partial charge on any atom is 0.223 e. The van der Waals surface area contributed by atoms with E-state index in [1.54, 1.807) is 6.20 Å². The van der Waals surface area contributed by atoms with E-state index in [0.29, 0.717) is 25.4 Å². The van der Waals surface area contributed by atoms with Gasteiger partial charge in [-0.3, -0.25) is 9.59 Å². The van der Waals surface area contributed by atoms with Gasteiger partial charge < -0.3 is 10.2 Å². The first-order valence-corrected chi connectivity index (χ1v) is 10.1. The van der Waals surface area contributed by atoms with Crippen LogP contribution in [0.1, 0.15) is 44.2 Å². The van der Waals surface area contributed by atoms with Crippen molar-refractivity contribution in [3.63, 3.8) is 0 Å². The molecular formula is C21H27N5O2. The molecule has 1 aliphatic heterocycles. The van der Waals surface area contributed by atoms with Gasteiger partial charge in [0.1, 0.15) is 0 Å². The average Bonchev–Trinajstić information content (AvgIpc) is 3.41. The molecule has 2 aromatic rings. The van der Waals surface area contributed by atoms with Gasteiger partial charge in [-0.15, -0.1) is 0 Å². The van der Waals surface area contributed by atoms with Crippen molar-refractivity contribution in [2.24, 2.45) is 5.92 Å². The Hall–Kier alpha value is -2.70. The summed E-state index contributed by atoms with van der Waals surface area (Å²) in [4.78, 5) is 30.3. The van der Waals surface area contributed by atoms with Gasteiger partial charge in [0.2, 0.25) is 11.8 Å². The van der Waals surface area contributed by atoms with Crippen molar-refractivity contribution in [3.05, 3.63) is 36.2 Å².